The Balaban J connectivity index is 3.30. The molecule has 0 saturated carbocycles. The fourth-order valence-corrected chi connectivity index (χ4v) is 1.76. The minimum atomic E-state index is -4.32. The van der Waals surface area contributed by atoms with Crippen LogP contribution in [0.15, 0.2) is 18.2 Å². The van der Waals surface area contributed by atoms with Gasteiger partial charge in [0.25, 0.3) is 0 Å². The minimum Gasteiger partial charge on any atom is -0.324 e. The molecule has 96 valence electrons. The third-order valence-corrected chi connectivity index (χ3v) is 2.95. The maximum absolute atomic E-state index is 12.7. The zero-order valence-corrected chi connectivity index (χ0v) is 10.5. The lowest BCUT2D eigenvalue weighted by Gasteiger charge is -2.29. The second kappa shape index (κ2) is 4.33. The van der Waals surface area contributed by atoms with Gasteiger partial charge in [-0.15, -0.1) is 0 Å². The average molecular weight is 245 g/mol. The molecule has 0 bridgehead atoms. The number of halogens is 3. The van der Waals surface area contributed by atoms with E-state index in [2.05, 4.69) is 0 Å². The van der Waals surface area contributed by atoms with E-state index in [9.17, 15) is 13.2 Å². The molecular weight excluding hydrogens is 227 g/mol. The summed E-state index contributed by atoms with van der Waals surface area (Å²) in [5, 5.41) is 0. The molecule has 0 heterocycles. The number of hydrogen-bond donors (Lipinski definition) is 1. The fourth-order valence-electron chi connectivity index (χ4n) is 1.76. The first-order chi connectivity index (χ1) is 7.55. The van der Waals surface area contributed by atoms with Gasteiger partial charge in [0.1, 0.15) is 0 Å². The highest BCUT2D eigenvalue weighted by molar-refractivity contribution is 5.38. The van der Waals surface area contributed by atoms with E-state index < -0.39 is 17.8 Å². The van der Waals surface area contributed by atoms with E-state index in [-0.39, 0.29) is 11.0 Å². The van der Waals surface area contributed by atoms with Crippen LogP contribution in [0.2, 0.25) is 0 Å². The highest BCUT2D eigenvalue weighted by atomic mass is 19.4. The molecule has 1 atom stereocenters. The molecule has 0 spiro atoms. The summed E-state index contributed by atoms with van der Waals surface area (Å²) in [5.74, 6) is 0. The predicted octanol–water partition coefficient (Wildman–Crippen LogP) is 4.06. The number of hydrogen-bond acceptors (Lipinski definition) is 1. The first-order valence-corrected chi connectivity index (χ1v) is 5.47. The molecule has 0 radical (unpaired) electrons. The summed E-state index contributed by atoms with van der Waals surface area (Å²) >= 11 is 0. The minimum absolute atomic E-state index is 0.224. The molecule has 1 rings (SSSR count). The van der Waals surface area contributed by atoms with Gasteiger partial charge in [-0.2, -0.15) is 13.2 Å². The smallest absolute Gasteiger partial charge is 0.324 e. The summed E-state index contributed by atoms with van der Waals surface area (Å²) in [6.45, 7) is 7.22. The Labute approximate surface area is 99.8 Å². The molecule has 1 aromatic rings. The van der Waals surface area contributed by atoms with E-state index >= 15 is 0 Å². The average Bonchev–Trinajstić information content (AvgIpc) is 2.13. The summed E-state index contributed by atoms with van der Waals surface area (Å²) in [6, 6.07) is 3.76. The van der Waals surface area contributed by atoms with Crippen molar-refractivity contribution in [3.63, 3.8) is 0 Å². The van der Waals surface area contributed by atoms with Crippen molar-refractivity contribution in [3.8, 4) is 0 Å². The van der Waals surface area contributed by atoms with Crippen LogP contribution in [0.25, 0.3) is 0 Å². The first kappa shape index (κ1) is 14.0. The van der Waals surface area contributed by atoms with Crippen LogP contribution in [-0.4, -0.2) is 0 Å². The fraction of sp³-hybridized carbons (Fsp3) is 0.538. The second-order valence-corrected chi connectivity index (χ2v) is 5.36. The lowest BCUT2D eigenvalue weighted by molar-refractivity contribution is -0.138. The molecular formula is C13H18F3N. The van der Waals surface area contributed by atoms with Crippen molar-refractivity contribution in [1.29, 1.82) is 0 Å². The van der Waals surface area contributed by atoms with Crippen LogP contribution in [0.3, 0.4) is 0 Å². The molecule has 1 nitrogen and oxygen atoms in total. The van der Waals surface area contributed by atoms with Gasteiger partial charge in [0.05, 0.1) is 5.56 Å². The monoisotopic (exact) mass is 245 g/mol. The quantitative estimate of drug-likeness (QED) is 0.793. The van der Waals surface area contributed by atoms with Crippen LogP contribution in [-0.2, 0) is 6.18 Å². The maximum atomic E-state index is 12.7. The van der Waals surface area contributed by atoms with Crippen molar-refractivity contribution in [2.45, 2.75) is 39.9 Å². The molecule has 0 fully saturated rings. The van der Waals surface area contributed by atoms with Gasteiger partial charge in [0.2, 0.25) is 0 Å². The van der Waals surface area contributed by atoms with Gasteiger partial charge in [0, 0.05) is 6.04 Å². The Bertz CT molecular complexity index is 402. The van der Waals surface area contributed by atoms with Crippen LogP contribution in [0, 0.1) is 12.3 Å². The summed E-state index contributed by atoms with van der Waals surface area (Å²) in [4.78, 5) is 0. The molecule has 0 unspecified atom stereocenters. The molecule has 1 aromatic carbocycles. The van der Waals surface area contributed by atoms with Crippen molar-refractivity contribution in [2.75, 3.05) is 0 Å². The number of rotatable bonds is 1. The van der Waals surface area contributed by atoms with Crippen molar-refractivity contribution < 1.29 is 13.2 Å². The SMILES string of the molecule is Cc1c([C@@H](N)C(C)(C)C)cccc1C(F)(F)F. The molecule has 2 N–H and O–H groups in total. The lowest BCUT2D eigenvalue weighted by atomic mass is 9.81. The Hall–Kier alpha value is -1.03. The molecule has 17 heavy (non-hydrogen) atoms. The van der Waals surface area contributed by atoms with E-state index in [1.807, 2.05) is 20.8 Å². The van der Waals surface area contributed by atoms with Gasteiger partial charge in [-0.05, 0) is 29.5 Å². The molecule has 0 aromatic heterocycles. The van der Waals surface area contributed by atoms with Gasteiger partial charge in [-0.1, -0.05) is 32.9 Å². The van der Waals surface area contributed by atoms with Crippen molar-refractivity contribution in [1.82, 2.24) is 0 Å². The topological polar surface area (TPSA) is 26.0 Å². The number of nitrogens with two attached hydrogens (primary N) is 1. The van der Waals surface area contributed by atoms with E-state index in [0.29, 0.717) is 5.56 Å². The number of benzene rings is 1. The number of alkyl halides is 3. The van der Waals surface area contributed by atoms with Crippen molar-refractivity contribution in [2.24, 2.45) is 11.1 Å². The Kier molecular flexibility index (Phi) is 3.58. The zero-order valence-electron chi connectivity index (χ0n) is 10.5. The van der Waals surface area contributed by atoms with Gasteiger partial charge < -0.3 is 5.73 Å². The largest absolute Gasteiger partial charge is 0.416 e. The molecule has 0 aliphatic rings. The van der Waals surface area contributed by atoms with Crippen LogP contribution < -0.4 is 5.73 Å². The Morgan fingerprint density at radius 3 is 2.06 bits per heavy atom. The summed E-state index contributed by atoms with van der Waals surface area (Å²) in [6.07, 6.45) is -4.32. The second-order valence-electron chi connectivity index (χ2n) is 5.36. The van der Waals surface area contributed by atoms with Crippen molar-refractivity contribution in [3.05, 3.63) is 34.9 Å². The first-order valence-electron chi connectivity index (χ1n) is 5.47. The van der Waals surface area contributed by atoms with Crippen LogP contribution in [0.1, 0.15) is 43.5 Å². The molecule has 0 amide bonds. The van der Waals surface area contributed by atoms with Gasteiger partial charge >= 0.3 is 6.18 Å². The predicted molar refractivity (Wildman–Crippen MR) is 62.6 cm³/mol. The molecule has 0 aliphatic heterocycles. The summed E-state index contributed by atoms with van der Waals surface area (Å²) in [5.41, 5.74) is 5.93. The molecule has 0 saturated heterocycles. The zero-order chi connectivity index (χ0) is 13.4. The third kappa shape index (κ3) is 3.00. The van der Waals surface area contributed by atoms with Gasteiger partial charge in [-0.25, -0.2) is 0 Å². The van der Waals surface area contributed by atoms with E-state index in [1.54, 1.807) is 6.07 Å². The van der Waals surface area contributed by atoms with Crippen LogP contribution in [0.5, 0.6) is 0 Å². The van der Waals surface area contributed by atoms with Crippen molar-refractivity contribution >= 4 is 0 Å². The lowest BCUT2D eigenvalue weighted by Crippen LogP contribution is -2.27. The summed E-state index contributed by atoms with van der Waals surface area (Å²) < 4.78 is 38.2. The molecule has 0 aliphatic carbocycles. The summed E-state index contributed by atoms with van der Waals surface area (Å²) in [7, 11) is 0. The normalized spacial score (nSPS) is 14.8. The Morgan fingerprint density at radius 2 is 1.65 bits per heavy atom. The maximum Gasteiger partial charge on any atom is 0.416 e. The van der Waals surface area contributed by atoms with Gasteiger partial charge in [0.15, 0.2) is 0 Å². The molecule has 4 heteroatoms. The van der Waals surface area contributed by atoms with E-state index in [1.165, 1.54) is 13.0 Å². The van der Waals surface area contributed by atoms with Crippen LogP contribution in [0.4, 0.5) is 13.2 Å². The van der Waals surface area contributed by atoms with Crippen LogP contribution >= 0.6 is 0 Å². The Morgan fingerprint density at radius 1 is 1.12 bits per heavy atom. The van der Waals surface area contributed by atoms with E-state index in [4.69, 9.17) is 5.73 Å². The highest BCUT2D eigenvalue weighted by Gasteiger charge is 2.34. The van der Waals surface area contributed by atoms with Gasteiger partial charge in [-0.3, -0.25) is 0 Å². The standard InChI is InChI=1S/C13H18F3N/c1-8-9(11(17)12(2,3)4)6-5-7-10(8)13(14,15)16/h5-7,11H,17H2,1-4H3/t11-/m1/s1. The highest BCUT2D eigenvalue weighted by Crippen LogP contribution is 2.38. The van der Waals surface area contributed by atoms with E-state index in [0.717, 1.165) is 6.07 Å². The third-order valence-electron chi connectivity index (χ3n) is 2.95.